The lowest BCUT2D eigenvalue weighted by atomic mass is 10.00. The molecule has 1 aromatic heterocycles. The van der Waals surface area contributed by atoms with Gasteiger partial charge in [-0.2, -0.15) is 0 Å². The van der Waals surface area contributed by atoms with Crippen LogP contribution in [-0.4, -0.2) is 84.6 Å². The molecule has 1 fully saturated rings. The summed E-state index contributed by atoms with van der Waals surface area (Å²) < 4.78 is 0. The molecule has 0 aliphatic carbocycles. The van der Waals surface area contributed by atoms with E-state index in [0.29, 0.717) is 6.04 Å². The summed E-state index contributed by atoms with van der Waals surface area (Å²) >= 11 is 6.24. The van der Waals surface area contributed by atoms with Gasteiger partial charge in [0, 0.05) is 66.9 Å². The van der Waals surface area contributed by atoms with Gasteiger partial charge in [0.25, 0.3) is 0 Å². The third-order valence-electron chi connectivity index (χ3n) is 7.79. The van der Waals surface area contributed by atoms with Crippen LogP contribution in [0, 0.1) is 11.8 Å². The van der Waals surface area contributed by atoms with Crippen LogP contribution in [-0.2, 0) is 13.0 Å². The second-order valence-electron chi connectivity index (χ2n) is 11.8. The Balaban J connectivity index is 1.14. The number of aromatic amines is 1. The van der Waals surface area contributed by atoms with E-state index in [0.717, 1.165) is 42.9 Å². The van der Waals surface area contributed by atoms with Crippen molar-refractivity contribution in [3.63, 3.8) is 0 Å². The molecule has 0 amide bonds. The summed E-state index contributed by atoms with van der Waals surface area (Å²) in [6.45, 7) is 21.2. The quantitative estimate of drug-likeness (QED) is 0.417. The first kappa shape index (κ1) is 26.9. The molecule has 1 unspecified atom stereocenters. The summed E-state index contributed by atoms with van der Waals surface area (Å²) in [6, 6.07) is 6.88. The van der Waals surface area contributed by atoms with Gasteiger partial charge in [-0.15, -0.1) is 0 Å². The Hall–Kier alpha value is -1.11. The van der Waals surface area contributed by atoms with E-state index in [4.69, 9.17) is 11.6 Å². The monoisotopic (exact) mass is 501 g/mol. The van der Waals surface area contributed by atoms with E-state index in [1.54, 1.807) is 0 Å². The Morgan fingerprint density at radius 1 is 0.914 bits per heavy atom. The highest BCUT2D eigenvalue weighted by molar-refractivity contribution is 6.31. The van der Waals surface area contributed by atoms with Crippen molar-refractivity contribution in [2.24, 2.45) is 11.8 Å². The molecule has 6 heteroatoms. The van der Waals surface area contributed by atoms with Crippen LogP contribution in [0.5, 0.6) is 0 Å². The van der Waals surface area contributed by atoms with Gasteiger partial charge in [0.15, 0.2) is 0 Å². The zero-order chi connectivity index (χ0) is 24.8. The number of fused-ring (bicyclic) bond motifs is 3. The number of piperazine rings is 1. The number of nitrogens with one attached hydrogen (secondary N) is 2. The van der Waals surface area contributed by atoms with Crippen LogP contribution in [0.4, 0.5) is 0 Å². The molecule has 0 radical (unpaired) electrons. The molecule has 1 aromatic carbocycles. The smallest absolute Gasteiger partial charge is 0.0460 e. The minimum atomic E-state index is 0.662. The SMILES string of the molecule is CC(C)CNC(CCN1CCN(CCCN2CCc3c([nH]c4ccc(Cl)cc34)C2)CC1)CC(C)C. The van der Waals surface area contributed by atoms with Crippen molar-refractivity contribution < 1.29 is 0 Å². The molecule has 2 aromatic rings. The van der Waals surface area contributed by atoms with Crippen LogP contribution >= 0.6 is 11.6 Å². The minimum Gasteiger partial charge on any atom is -0.357 e. The predicted molar refractivity (Wildman–Crippen MR) is 150 cm³/mol. The third kappa shape index (κ3) is 7.93. The van der Waals surface area contributed by atoms with Gasteiger partial charge in [-0.05, 0) is 87.5 Å². The van der Waals surface area contributed by atoms with E-state index >= 15 is 0 Å². The first-order chi connectivity index (χ1) is 16.9. The van der Waals surface area contributed by atoms with Gasteiger partial charge in [-0.25, -0.2) is 0 Å². The lowest BCUT2D eigenvalue weighted by molar-refractivity contribution is 0.121. The van der Waals surface area contributed by atoms with Crippen molar-refractivity contribution in [2.45, 2.75) is 66.0 Å². The molecular formula is C29H48ClN5. The molecule has 0 saturated carbocycles. The predicted octanol–water partition coefficient (Wildman–Crippen LogP) is 5.24. The topological polar surface area (TPSA) is 37.5 Å². The summed E-state index contributed by atoms with van der Waals surface area (Å²) in [5.41, 5.74) is 4.09. The molecule has 2 aliphatic rings. The Kier molecular flexibility index (Phi) is 9.94. The molecule has 0 spiro atoms. The second kappa shape index (κ2) is 12.9. The van der Waals surface area contributed by atoms with Gasteiger partial charge in [-0.3, -0.25) is 4.90 Å². The van der Waals surface area contributed by atoms with Gasteiger partial charge >= 0.3 is 0 Å². The van der Waals surface area contributed by atoms with E-state index in [2.05, 4.69) is 64.8 Å². The average Bonchev–Trinajstić information content (AvgIpc) is 3.18. The second-order valence-corrected chi connectivity index (χ2v) is 12.2. The summed E-state index contributed by atoms with van der Waals surface area (Å²) in [7, 11) is 0. The highest BCUT2D eigenvalue weighted by Crippen LogP contribution is 2.29. The number of nitrogens with zero attached hydrogens (tertiary/aromatic N) is 3. The summed E-state index contributed by atoms with van der Waals surface area (Å²) in [5, 5.41) is 5.97. The van der Waals surface area contributed by atoms with E-state index in [9.17, 15) is 0 Å². The number of hydrogen-bond donors (Lipinski definition) is 2. The van der Waals surface area contributed by atoms with Crippen LogP contribution < -0.4 is 5.32 Å². The number of benzene rings is 1. The van der Waals surface area contributed by atoms with E-state index in [-0.39, 0.29) is 0 Å². The van der Waals surface area contributed by atoms with Crippen LogP contribution in [0.2, 0.25) is 5.02 Å². The largest absolute Gasteiger partial charge is 0.357 e. The Morgan fingerprint density at radius 3 is 2.34 bits per heavy atom. The van der Waals surface area contributed by atoms with E-state index in [1.165, 1.54) is 87.2 Å². The maximum absolute atomic E-state index is 6.24. The van der Waals surface area contributed by atoms with E-state index in [1.807, 2.05) is 6.07 Å². The molecule has 5 nitrogen and oxygen atoms in total. The van der Waals surface area contributed by atoms with Crippen LogP contribution in [0.1, 0.15) is 58.2 Å². The fourth-order valence-corrected chi connectivity index (χ4v) is 6.00. The fraction of sp³-hybridized carbons (Fsp3) is 0.724. The molecule has 2 aliphatic heterocycles. The summed E-state index contributed by atoms with van der Waals surface area (Å²) in [4.78, 5) is 11.6. The van der Waals surface area contributed by atoms with Crippen molar-refractivity contribution in [1.29, 1.82) is 0 Å². The van der Waals surface area contributed by atoms with Crippen LogP contribution in [0.15, 0.2) is 18.2 Å². The molecule has 0 bridgehead atoms. The summed E-state index contributed by atoms with van der Waals surface area (Å²) in [5.74, 6) is 1.49. The Morgan fingerprint density at radius 2 is 1.63 bits per heavy atom. The first-order valence-electron chi connectivity index (χ1n) is 14.1. The standard InChI is InChI=1S/C29H48ClN5/c1-22(2)18-25(31-20-23(3)4)8-12-34-16-14-33(15-17-34)10-5-11-35-13-9-26-27-19-24(30)6-7-28(27)32-29(26)21-35/h6-7,19,22-23,25,31-32H,5,8-18,20-21H2,1-4H3. The lowest BCUT2D eigenvalue weighted by Gasteiger charge is -2.36. The average molecular weight is 502 g/mol. The van der Waals surface area contributed by atoms with Crippen molar-refractivity contribution in [3.05, 3.63) is 34.5 Å². The maximum Gasteiger partial charge on any atom is 0.0460 e. The molecule has 1 atom stereocenters. The normalized spacial score (nSPS) is 19.2. The highest BCUT2D eigenvalue weighted by Gasteiger charge is 2.22. The Labute approximate surface area is 218 Å². The number of H-pyrrole nitrogens is 1. The van der Waals surface area contributed by atoms with Gasteiger partial charge in [0.05, 0.1) is 0 Å². The van der Waals surface area contributed by atoms with Crippen LogP contribution in [0.25, 0.3) is 10.9 Å². The van der Waals surface area contributed by atoms with Gasteiger partial charge in [-0.1, -0.05) is 39.3 Å². The lowest BCUT2D eigenvalue weighted by Crippen LogP contribution is -2.48. The van der Waals surface area contributed by atoms with Gasteiger partial charge < -0.3 is 20.1 Å². The van der Waals surface area contributed by atoms with Crippen molar-refractivity contribution in [2.75, 3.05) is 58.9 Å². The zero-order valence-corrected chi connectivity index (χ0v) is 23.3. The van der Waals surface area contributed by atoms with Crippen molar-refractivity contribution in [3.8, 4) is 0 Å². The fourth-order valence-electron chi connectivity index (χ4n) is 5.83. The molecule has 35 heavy (non-hydrogen) atoms. The first-order valence-corrected chi connectivity index (χ1v) is 14.4. The third-order valence-corrected chi connectivity index (χ3v) is 8.03. The minimum absolute atomic E-state index is 0.662. The molecule has 3 heterocycles. The number of aromatic nitrogens is 1. The number of rotatable bonds is 12. The van der Waals surface area contributed by atoms with Gasteiger partial charge in [0.2, 0.25) is 0 Å². The van der Waals surface area contributed by atoms with E-state index < -0.39 is 0 Å². The molecular weight excluding hydrogens is 454 g/mol. The zero-order valence-electron chi connectivity index (χ0n) is 22.6. The number of halogens is 1. The molecule has 4 rings (SSSR count). The van der Waals surface area contributed by atoms with Gasteiger partial charge in [0.1, 0.15) is 0 Å². The Bertz CT molecular complexity index is 915. The van der Waals surface area contributed by atoms with Crippen molar-refractivity contribution >= 4 is 22.5 Å². The highest BCUT2D eigenvalue weighted by atomic mass is 35.5. The maximum atomic E-state index is 6.24. The molecule has 196 valence electrons. The number of hydrogen-bond acceptors (Lipinski definition) is 4. The van der Waals surface area contributed by atoms with Crippen LogP contribution in [0.3, 0.4) is 0 Å². The molecule has 1 saturated heterocycles. The van der Waals surface area contributed by atoms with Crippen molar-refractivity contribution in [1.82, 2.24) is 25.0 Å². The summed E-state index contributed by atoms with van der Waals surface area (Å²) in [6.07, 6.45) is 4.95. The molecule has 2 N–H and O–H groups in total.